The number of unbranched alkanes of at least 4 members (excludes halogenated alkanes) is 28. The molecule has 0 N–H and O–H groups in total. The van der Waals surface area contributed by atoms with Crippen molar-refractivity contribution in [1.29, 1.82) is 0 Å². The molecule has 0 saturated carbocycles. The lowest BCUT2D eigenvalue weighted by Crippen LogP contribution is -2.30. The minimum Gasteiger partial charge on any atom is -0.462 e. The normalized spacial score (nSPS) is 12.2. The first-order valence-corrected chi connectivity index (χ1v) is 25.6. The van der Waals surface area contributed by atoms with Crippen molar-refractivity contribution in [3.05, 3.63) is 0 Å². The molecule has 0 saturated heterocycles. The summed E-state index contributed by atoms with van der Waals surface area (Å²) in [6, 6.07) is 0. The maximum absolute atomic E-state index is 12.7. The van der Waals surface area contributed by atoms with Gasteiger partial charge in [-0.25, -0.2) is 0 Å². The van der Waals surface area contributed by atoms with Gasteiger partial charge in [0.1, 0.15) is 13.2 Å². The average molecular weight is 821 g/mol. The molecular formula is C52H100O6. The second-order valence-electron chi connectivity index (χ2n) is 19.2. The molecule has 0 unspecified atom stereocenters. The zero-order valence-corrected chi connectivity index (χ0v) is 39.8. The van der Waals surface area contributed by atoms with E-state index in [9.17, 15) is 14.4 Å². The molecule has 0 aliphatic carbocycles. The average Bonchev–Trinajstić information content (AvgIpc) is 3.18. The summed E-state index contributed by atoms with van der Waals surface area (Å²) in [6.07, 6.45) is 42.5. The van der Waals surface area contributed by atoms with Crippen LogP contribution in [-0.4, -0.2) is 37.2 Å². The fourth-order valence-corrected chi connectivity index (χ4v) is 7.76. The van der Waals surface area contributed by atoms with E-state index in [0.717, 1.165) is 75.5 Å². The maximum atomic E-state index is 12.7. The van der Waals surface area contributed by atoms with Gasteiger partial charge in [0, 0.05) is 19.3 Å². The molecule has 0 fully saturated rings. The second-order valence-corrected chi connectivity index (χ2v) is 19.2. The molecule has 6 nitrogen and oxygen atoms in total. The summed E-state index contributed by atoms with van der Waals surface area (Å²) >= 11 is 0. The lowest BCUT2D eigenvalue weighted by atomic mass is 10.0. The third kappa shape index (κ3) is 45.5. The lowest BCUT2D eigenvalue weighted by molar-refractivity contribution is -0.167. The van der Waals surface area contributed by atoms with Gasteiger partial charge in [-0.3, -0.25) is 14.4 Å². The van der Waals surface area contributed by atoms with Crippen molar-refractivity contribution < 1.29 is 28.6 Å². The predicted molar refractivity (Wildman–Crippen MR) is 247 cm³/mol. The Kier molecular flexibility index (Phi) is 42.3. The van der Waals surface area contributed by atoms with Crippen LogP contribution in [0.5, 0.6) is 0 Å². The highest BCUT2D eigenvalue weighted by molar-refractivity contribution is 5.71. The number of carbonyl (C=O) groups is 3. The van der Waals surface area contributed by atoms with Crippen molar-refractivity contribution in [2.45, 2.75) is 285 Å². The molecule has 58 heavy (non-hydrogen) atoms. The Bertz CT molecular complexity index is 898. The van der Waals surface area contributed by atoms with Gasteiger partial charge in [0.25, 0.3) is 0 Å². The molecular weight excluding hydrogens is 721 g/mol. The molecule has 0 radical (unpaired) electrons. The molecule has 0 aliphatic heterocycles. The van der Waals surface area contributed by atoms with Gasteiger partial charge in [0.05, 0.1) is 0 Å². The summed E-state index contributed by atoms with van der Waals surface area (Å²) in [4.78, 5) is 37.8. The number of hydrogen-bond acceptors (Lipinski definition) is 6. The van der Waals surface area contributed by atoms with E-state index in [1.165, 1.54) is 161 Å². The molecule has 0 aliphatic rings. The summed E-state index contributed by atoms with van der Waals surface area (Å²) in [7, 11) is 0. The van der Waals surface area contributed by atoms with E-state index in [-0.39, 0.29) is 31.1 Å². The van der Waals surface area contributed by atoms with Gasteiger partial charge in [-0.2, -0.15) is 0 Å². The third-order valence-corrected chi connectivity index (χ3v) is 11.6. The van der Waals surface area contributed by atoms with Gasteiger partial charge in [-0.05, 0) is 37.0 Å². The van der Waals surface area contributed by atoms with Crippen LogP contribution in [0.3, 0.4) is 0 Å². The quantitative estimate of drug-likeness (QED) is 0.0346. The Labute approximate surface area is 361 Å². The van der Waals surface area contributed by atoms with E-state index in [4.69, 9.17) is 14.2 Å². The Morgan fingerprint density at radius 2 is 0.500 bits per heavy atom. The van der Waals surface area contributed by atoms with E-state index in [1.54, 1.807) is 0 Å². The van der Waals surface area contributed by atoms with Crippen LogP contribution in [0.4, 0.5) is 0 Å². The highest BCUT2D eigenvalue weighted by Gasteiger charge is 2.19. The van der Waals surface area contributed by atoms with Crippen LogP contribution in [0.2, 0.25) is 0 Å². The molecule has 1 atom stereocenters. The van der Waals surface area contributed by atoms with Crippen molar-refractivity contribution >= 4 is 17.9 Å². The minimum atomic E-state index is -0.763. The summed E-state index contributed by atoms with van der Waals surface area (Å²) in [5.74, 6) is 1.57. The fourth-order valence-electron chi connectivity index (χ4n) is 7.76. The van der Waals surface area contributed by atoms with Crippen molar-refractivity contribution in [1.82, 2.24) is 0 Å². The number of esters is 3. The van der Waals surface area contributed by atoms with Crippen molar-refractivity contribution in [3.8, 4) is 0 Å². The largest absolute Gasteiger partial charge is 0.462 e. The topological polar surface area (TPSA) is 78.9 Å². The number of hydrogen-bond donors (Lipinski definition) is 0. The molecule has 0 rings (SSSR count). The first-order valence-electron chi connectivity index (χ1n) is 25.6. The van der Waals surface area contributed by atoms with E-state index in [1.807, 2.05) is 0 Å². The Morgan fingerprint density at radius 3 is 0.741 bits per heavy atom. The van der Waals surface area contributed by atoms with Crippen LogP contribution in [0.15, 0.2) is 0 Å². The zero-order valence-electron chi connectivity index (χ0n) is 39.8. The number of carbonyl (C=O) groups excluding carboxylic acids is 3. The van der Waals surface area contributed by atoms with E-state index in [2.05, 4.69) is 41.5 Å². The van der Waals surface area contributed by atoms with Crippen molar-refractivity contribution in [3.63, 3.8) is 0 Å². The van der Waals surface area contributed by atoms with E-state index >= 15 is 0 Å². The molecule has 0 spiro atoms. The van der Waals surface area contributed by atoms with Gasteiger partial charge >= 0.3 is 17.9 Å². The van der Waals surface area contributed by atoms with Gasteiger partial charge < -0.3 is 14.2 Å². The molecule has 0 amide bonds. The van der Waals surface area contributed by atoms with Gasteiger partial charge in [-0.1, -0.05) is 241 Å². The lowest BCUT2D eigenvalue weighted by Gasteiger charge is -2.18. The predicted octanol–water partition coefficient (Wildman–Crippen LogP) is 16.4. The van der Waals surface area contributed by atoms with Crippen LogP contribution < -0.4 is 0 Å². The molecule has 0 aromatic heterocycles. The van der Waals surface area contributed by atoms with Gasteiger partial charge in [0.15, 0.2) is 6.10 Å². The molecule has 0 aromatic rings. The van der Waals surface area contributed by atoms with E-state index < -0.39 is 6.10 Å². The summed E-state index contributed by atoms with van der Waals surface area (Å²) in [5, 5.41) is 0. The van der Waals surface area contributed by atoms with Crippen molar-refractivity contribution in [2.75, 3.05) is 13.2 Å². The standard InChI is InChI=1S/C52H100O6/c1-46(2)38-32-26-20-15-13-11-9-7-8-10-12-14-16-23-29-35-41-50(53)56-44-49(45-57-51(54)42-36-30-25-19-22-28-34-40-48(5)6)58-52(55)43-37-31-24-18-17-21-27-33-39-47(3)4/h46-49H,7-45H2,1-6H3/t49-/m0/s1. The van der Waals surface area contributed by atoms with Gasteiger partial charge in [-0.15, -0.1) is 0 Å². The van der Waals surface area contributed by atoms with Crippen molar-refractivity contribution in [2.24, 2.45) is 17.8 Å². The van der Waals surface area contributed by atoms with Crippen LogP contribution in [0, 0.1) is 17.8 Å². The molecule has 0 heterocycles. The first kappa shape index (κ1) is 56.4. The monoisotopic (exact) mass is 821 g/mol. The van der Waals surface area contributed by atoms with Crippen LogP contribution in [-0.2, 0) is 28.6 Å². The second kappa shape index (κ2) is 43.5. The molecule has 6 heteroatoms. The number of ether oxygens (including phenoxy) is 3. The fraction of sp³-hybridized carbons (Fsp3) is 0.942. The van der Waals surface area contributed by atoms with Crippen LogP contribution in [0.25, 0.3) is 0 Å². The first-order chi connectivity index (χ1) is 28.1. The highest BCUT2D eigenvalue weighted by Crippen LogP contribution is 2.17. The maximum Gasteiger partial charge on any atom is 0.306 e. The molecule has 0 aromatic carbocycles. The Balaban J connectivity index is 4.23. The SMILES string of the molecule is CC(C)CCCCCCCCCCCCCCCCCCC(=O)OC[C@@H](COC(=O)CCCCCCCCCC(C)C)OC(=O)CCCCCCCCCCC(C)C. The third-order valence-electron chi connectivity index (χ3n) is 11.6. The van der Waals surface area contributed by atoms with Gasteiger partial charge in [0.2, 0.25) is 0 Å². The smallest absolute Gasteiger partial charge is 0.306 e. The minimum absolute atomic E-state index is 0.0656. The summed E-state index contributed by atoms with van der Waals surface area (Å²) in [6.45, 7) is 13.6. The zero-order chi connectivity index (χ0) is 42.7. The summed E-state index contributed by atoms with van der Waals surface area (Å²) < 4.78 is 16.8. The Hall–Kier alpha value is -1.59. The molecule has 0 bridgehead atoms. The Morgan fingerprint density at radius 1 is 0.293 bits per heavy atom. The highest BCUT2D eigenvalue weighted by atomic mass is 16.6. The molecule has 344 valence electrons. The summed E-state index contributed by atoms with van der Waals surface area (Å²) in [5.41, 5.74) is 0. The van der Waals surface area contributed by atoms with Crippen LogP contribution >= 0.6 is 0 Å². The van der Waals surface area contributed by atoms with Crippen LogP contribution in [0.1, 0.15) is 279 Å². The number of rotatable bonds is 45. The van der Waals surface area contributed by atoms with E-state index in [0.29, 0.717) is 19.3 Å².